The van der Waals surface area contributed by atoms with Crippen LogP contribution in [0.1, 0.15) is 45.1 Å². The van der Waals surface area contributed by atoms with Crippen LogP contribution in [0.3, 0.4) is 0 Å². The van der Waals surface area contributed by atoms with Crippen molar-refractivity contribution in [1.29, 1.82) is 5.41 Å². The fourth-order valence-electron chi connectivity index (χ4n) is 3.46. The number of likely N-dealkylation sites (N-methyl/N-ethyl adjacent to an activating group) is 1. The number of rotatable bonds is 14. The van der Waals surface area contributed by atoms with Crippen LogP contribution >= 0.6 is 0 Å². The van der Waals surface area contributed by atoms with E-state index < -0.39 is 6.09 Å². The number of carbonyl (C=O) groups is 1. The highest BCUT2D eigenvalue weighted by atomic mass is 16.6. The van der Waals surface area contributed by atoms with Crippen LogP contribution in [-0.2, 0) is 14.3 Å². The number of carbonyl (C=O) groups excluding carboxylic acids is 1. The topological polar surface area (TPSA) is 120 Å². The number of ether oxygens (including phenoxy) is 2. The van der Waals surface area contributed by atoms with Gasteiger partial charge in [0.25, 0.3) is 0 Å². The molecular formula is C27H40N6O4. The molecule has 0 radical (unpaired) electrons. The number of nitrogens with zero attached hydrogens (tertiary/aromatic N) is 2. The number of amidine groups is 1. The third-order valence-electron chi connectivity index (χ3n) is 5.49. The SMILES string of the molecule is CCOCCC(CC)OC(=O)NC1=C\CC/C(CO/N=C(\C(=N)N(C)NNC)c2ccccc2)=C/C=C\1. The van der Waals surface area contributed by atoms with Crippen molar-refractivity contribution in [2.75, 3.05) is 33.9 Å². The van der Waals surface area contributed by atoms with Gasteiger partial charge in [0.15, 0.2) is 11.5 Å². The number of benzene rings is 1. The predicted molar refractivity (Wildman–Crippen MR) is 146 cm³/mol. The van der Waals surface area contributed by atoms with Gasteiger partial charge in [0, 0.05) is 38.4 Å². The third-order valence-corrected chi connectivity index (χ3v) is 5.49. The van der Waals surface area contributed by atoms with Crippen molar-refractivity contribution in [3.63, 3.8) is 0 Å². The smallest absolute Gasteiger partial charge is 0.411 e. The predicted octanol–water partition coefficient (Wildman–Crippen LogP) is 4.05. The number of hydrogen-bond donors (Lipinski definition) is 4. The average Bonchev–Trinajstić information content (AvgIpc) is 2.88. The summed E-state index contributed by atoms with van der Waals surface area (Å²) in [6.45, 7) is 5.44. The van der Waals surface area contributed by atoms with E-state index >= 15 is 0 Å². The van der Waals surface area contributed by atoms with Gasteiger partial charge >= 0.3 is 6.09 Å². The molecule has 1 aliphatic rings. The summed E-state index contributed by atoms with van der Waals surface area (Å²) in [7, 11) is 3.44. The maximum atomic E-state index is 12.3. The van der Waals surface area contributed by atoms with Gasteiger partial charge in [-0.3, -0.25) is 15.7 Å². The highest BCUT2D eigenvalue weighted by molar-refractivity contribution is 6.46. The molecule has 2 rings (SSSR count). The highest BCUT2D eigenvalue weighted by Gasteiger charge is 2.16. The Labute approximate surface area is 219 Å². The number of allylic oxidation sites excluding steroid dienone is 4. The molecule has 4 N–H and O–H groups in total. The van der Waals surface area contributed by atoms with Crippen LogP contribution in [-0.4, -0.2) is 62.7 Å². The van der Waals surface area contributed by atoms with Gasteiger partial charge < -0.3 is 14.3 Å². The number of alkyl carbamates (subject to hydrolysis) is 1. The van der Waals surface area contributed by atoms with E-state index in [4.69, 9.17) is 19.7 Å². The lowest BCUT2D eigenvalue weighted by Crippen LogP contribution is -2.48. The minimum absolute atomic E-state index is 0.154. The van der Waals surface area contributed by atoms with Crippen molar-refractivity contribution >= 4 is 17.6 Å². The minimum atomic E-state index is -0.463. The summed E-state index contributed by atoms with van der Waals surface area (Å²) in [6.07, 6.45) is 9.83. The first-order valence-corrected chi connectivity index (χ1v) is 12.6. The Morgan fingerprint density at radius 3 is 2.73 bits per heavy atom. The Kier molecular flexibility index (Phi) is 13.7. The van der Waals surface area contributed by atoms with Crippen molar-refractivity contribution in [2.24, 2.45) is 5.16 Å². The van der Waals surface area contributed by atoms with Crippen LogP contribution in [0.15, 0.2) is 71.1 Å². The normalized spacial score (nSPS) is 18.2. The molecule has 1 aromatic rings. The minimum Gasteiger partial charge on any atom is -0.446 e. The Morgan fingerprint density at radius 1 is 1.24 bits per heavy atom. The molecular weight excluding hydrogens is 472 g/mol. The molecule has 0 bridgehead atoms. The summed E-state index contributed by atoms with van der Waals surface area (Å²) < 4.78 is 10.9. The molecule has 37 heavy (non-hydrogen) atoms. The number of hydrogen-bond acceptors (Lipinski definition) is 8. The van der Waals surface area contributed by atoms with Crippen molar-refractivity contribution in [3.05, 3.63) is 71.5 Å². The van der Waals surface area contributed by atoms with Crippen molar-refractivity contribution in [1.82, 2.24) is 21.3 Å². The van der Waals surface area contributed by atoms with Crippen LogP contribution in [0.2, 0.25) is 0 Å². The molecule has 1 amide bonds. The van der Waals surface area contributed by atoms with E-state index in [0.717, 1.165) is 30.4 Å². The molecule has 10 nitrogen and oxygen atoms in total. The molecule has 1 unspecified atom stereocenters. The first-order valence-electron chi connectivity index (χ1n) is 12.6. The first kappa shape index (κ1) is 29.8. The fourth-order valence-corrected chi connectivity index (χ4v) is 3.46. The van der Waals surface area contributed by atoms with Crippen LogP contribution < -0.4 is 16.3 Å². The third kappa shape index (κ3) is 11.0. The molecule has 0 fully saturated rings. The molecule has 10 heteroatoms. The summed E-state index contributed by atoms with van der Waals surface area (Å²) in [5.41, 5.74) is 8.55. The van der Waals surface area contributed by atoms with Crippen LogP contribution in [0.25, 0.3) is 0 Å². The summed E-state index contributed by atoms with van der Waals surface area (Å²) in [6, 6.07) is 9.46. The maximum absolute atomic E-state index is 12.3. The van der Waals surface area contributed by atoms with Gasteiger partial charge in [0.05, 0.1) is 6.61 Å². The molecule has 0 saturated carbocycles. The van der Waals surface area contributed by atoms with Crippen LogP contribution in [0.4, 0.5) is 4.79 Å². The summed E-state index contributed by atoms with van der Waals surface area (Å²) in [4.78, 5) is 18.0. The zero-order valence-corrected chi connectivity index (χ0v) is 22.3. The molecule has 1 aromatic carbocycles. The largest absolute Gasteiger partial charge is 0.446 e. The van der Waals surface area contributed by atoms with Crippen LogP contribution in [0, 0.1) is 5.41 Å². The van der Waals surface area contributed by atoms with Gasteiger partial charge in [-0.15, -0.1) is 0 Å². The van der Waals surface area contributed by atoms with Crippen LogP contribution in [0.5, 0.6) is 0 Å². The van der Waals surface area contributed by atoms with Gasteiger partial charge in [0.2, 0.25) is 0 Å². The lowest BCUT2D eigenvalue weighted by Gasteiger charge is -2.21. The number of hydrazine groups is 2. The van der Waals surface area contributed by atoms with Gasteiger partial charge in [0.1, 0.15) is 12.7 Å². The number of oxime groups is 1. The van der Waals surface area contributed by atoms with E-state index in [1.807, 2.05) is 68.5 Å². The van der Waals surface area contributed by atoms with E-state index in [9.17, 15) is 4.79 Å². The molecule has 1 atom stereocenters. The van der Waals surface area contributed by atoms with Crippen molar-refractivity contribution in [3.8, 4) is 0 Å². The van der Waals surface area contributed by atoms with Crippen molar-refractivity contribution < 1.29 is 19.1 Å². The van der Waals surface area contributed by atoms with E-state index in [0.29, 0.717) is 31.0 Å². The Balaban J connectivity index is 1.94. The molecule has 0 saturated heterocycles. The molecule has 1 aliphatic carbocycles. The molecule has 0 spiro atoms. The first-order chi connectivity index (χ1) is 18.0. The Hall–Kier alpha value is -3.47. The zero-order valence-electron chi connectivity index (χ0n) is 22.3. The second kappa shape index (κ2) is 17.1. The monoisotopic (exact) mass is 512 g/mol. The van der Waals surface area contributed by atoms with Crippen molar-refractivity contribution in [2.45, 2.75) is 45.6 Å². The van der Waals surface area contributed by atoms with E-state index in [1.54, 1.807) is 14.1 Å². The lowest BCUT2D eigenvalue weighted by molar-refractivity contribution is 0.0616. The maximum Gasteiger partial charge on any atom is 0.411 e. The molecule has 202 valence electrons. The van der Waals surface area contributed by atoms with Gasteiger partial charge in [-0.2, -0.15) is 5.53 Å². The zero-order chi connectivity index (χ0) is 26.9. The summed E-state index contributed by atoms with van der Waals surface area (Å²) in [5, 5.41) is 17.1. The average molecular weight is 513 g/mol. The van der Waals surface area contributed by atoms with Gasteiger partial charge in [-0.05, 0) is 37.8 Å². The molecule has 0 aliphatic heterocycles. The quantitative estimate of drug-likeness (QED) is 0.128. The molecule has 0 aromatic heterocycles. The van der Waals surface area contributed by atoms with E-state index in [-0.39, 0.29) is 18.5 Å². The Morgan fingerprint density at radius 2 is 2.03 bits per heavy atom. The highest BCUT2D eigenvalue weighted by Crippen LogP contribution is 2.14. The Bertz CT molecular complexity index is 974. The molecule has 0 heterocycles. The second-order valence-corrected chi connectivity index (χ2v) is 8.28. The lowest BCUT2D eigenvalue weighted by atomic mass is 10.1. The van der Waals surface area contributed by atoms with E-state index in [1.165, 1.54) is 5.01 Å². The summed E-state index contributed by atoms with van der Waals surface area (Å²) in [5.74, 6) is 0.154. The van der Waals surface area contributed by atoms with Gasteiger partial charge in [-0.1, -0.05) is 60.6 Å². The fraction of sp³-hybridized carbons (Fsp3) is 0.444. The standard InChI is InChI=1S/C27H40N6O4/c1-5-24(18-19-35-6-2)37-27(34)30-23-16-10-12-21(13-11-17-23)20-36-31-25(22-14-8-7-9-15-22)26(28)33(4)32-29-3/h7-10,12,14-17,24,28-29,32H,5-6,11,13,18-20H2,1-4H3,(H,30,34)/b16-10-,21-12-,23-17-,28-26?,31-25-. The number of amides is 1. The second-order valence-electron chi connectivity index (χ2n) is 8.28. The van der Waals surface area contributed by atoms with E-state index in [2.05, 4.69) is 21.4 Å². The van der Waals surface area contributed by atoms with Gasteiger partial charge in [-0.25, -0.2) is 10.2 Å². The summed E-state index contributed by atoms with van der Waals surface area (Å²) >= 11 is 0. The number of nitrogens with one attached hydrogen (secondary N) is 4.